The zero-order valence-corrected chi connectivity index (χ0v) is 26.1. The zero-order valence-electron chi connectivity index (χ0n) is 26.1. The Morgan fingerprint density at radius 2 is 1.77 bits per heavy atom. The first-order valence-electron chi connectivity index (χ1n) is 15.5. The number of carbonyl (C=O) groups is 2. The number of imidazole rings is 1. The molecule has 2 aliphatic rings. The Morgan fingerprint density at radius 3 is 2.45 bits per heavy atom. The number of nitrogens with zero attached hydrogens (tertiary/aromatic N) is 4. The molecule has 47 heavy (non-hydrogen) atoms. The largest absolute Gasteiger partial charge is 0.573 e. The molecule has 0 aliphatic carbocycles. The summed E-state index contributed by atoms with van der Waals surface area (Å²) in [5, 5.41) is 0. The smallest absolute Gasteiger partial charge is 0.473 e. The van der Waals surface area contributed by atoms with Crippen LogP contribution in [0, 0.1) is 0 Å². The number of Topliss-reactive ketones (excluding diaryl/α,β-unsaturated/α-hetero) is 1. The number of rotatable bonds is 11. The van der Waals surface area contributed by atoms with Crippen LogP contribution in [-0.4, -0.2) is 70.5 Å². The second-order valence-electron chi connectivity index (χ2n) is 11.8. The summed E-state index contributed by atoms with van der Waals surface area (Å²) in [4.78, 5) is 35.8. The molecule has 0 saturated carbocycles. The van der Waals surface area contributed by atoms with Crippen molar-refractivity contribution in [2.24, 2.45) is 0 Å². The molecule has 0 spiro atoms. The lowest BCUT2D eigenvalue weighted by molar-refractivity contribution is -0.275. The van der Waals surface area contributed by atoms with Crippen molar-refractivity contribution in [1.82, 2.24) is 19.4 Å². The minimum Gasteiger partial charge on any atom is -0.473 e. The van der Waals surface area contributed by atoms with Gasteiger partial charge in [0.25, 0.3) is 0 Å². The fourth-order valence-corrected chi connectivity index (χ4v) is 5.96. The predicted octanol–water partition coefficient (Wildman–Crippen LogP) is 6.07. The normalized spacial score (nSPS) is 17.3. The first-order chi connectivity index (χ1) is 22.6. The number of ketones is 1. The summed E-state index contributed by atoms with van der Waals surface area (Å²) in [5.74, 6) is 0.132. The molecule has 4 aromatic rings. The van der Waals surface area contributed by atoms with Crippen LogP contribution in [-0.2, 0) is 29.2 Å². The number of fused-ring (bicyclic) bond motifs is 1. The predicted molar refractivity (Wildman–Crippen MR) is 164 cm³/mol. The van der Waals surface area contributed by atoms with E-state index in [0.29, 0.717) is 18.7 Å². The van der Waals surface area contributed by atoms with E-state index in [1.54, 1.807) is 12.1 Å². The molecular weight excluding hydrogens is 617 g/mol. The number of benzene rings is 2. The Kier molecular flexibility index (Phi) is 9.46. The third-order valence-electron chi connectivity index (χ3n) is 8.62. The Morgan fingerprint density at radius 1 is 1.00 bits per heavy atom. The summed E-state index contributed by atoms with van der Waals surface area (Å²) in [6.07, 6.45) is -2.12. The van der Waals surface area contributed by atoms with E-state index < -0.39 is 18.1 Å². The van der Waals surface area contributed by atoms with Gasteiger partial charge in [0.1, 0.15) is 18.2 Å². The Labute approximate surface area is 269 Å². The van der Waals surface area contributed by atoms with Gasteiger partial charge in [-0.3, -0.25) is 9.69 Å². The fourth-order valence-electron chi connectivity index (χ4n) is 5.96. The Balaban J connectivity index is 1.10. The molecule has 0 N–H and O–H groups in total. The molecule has 2 aliphatic heterocycles. The second kappa shape index (κ2) is 13.7. The summed E-state index contributed by atoms with van der Waals surface area (Å²) >= 11 is 0. The maximum Gasteiger partial charge on any atom is 0.573 e. The highest BCUT2D eigenvalue weighted by atomic mass is 19.4. The molecule has 2 aromatic carbocycles. The summed E-state index contributed by atoms with van der Waals surface area (Å²) in [6.45, 7) is 4.73. The van der Waals surface area contributed by atoms with Crippen LogP contribution < -0.4 is 9.47 Å². The summed E-state index contributed by atoms with van der Waals surface area (Å²) in [5.41, 5.74) is 3.27. The standard InChI is InChI=1S/C34H35F3N4O6/c1-21(42)23-6-7-25(30(17-23)47-34(35,36)37)20-46-32-5-3-4-27(39-32)22-10-13-40(14-11-22)19-31-38-28-9-8-24(33(43)44-2)16-29(28)41(31)18-26-12-15-45-26/h3-9,16-17,22,26H,10-15,18-20H2,1-2H3/t26-/m0/s1. The summed E-state index contributed by atoms with van der Waals surface area (Å²) in [7, 11) is 1.36. The van der Waals surface area contributed by atoms with Gasteiger partial charge in [0.2, 0.25) is 5.88 Å². The van der Waals surface area contributed by atoms with Crippen molar-refractivity contribution < 1.29 is 41.7 Å². The molecule has 0 radical (unpaired) electrons. The van der Waals surface area contributed by atoms with Crippen LogP contribution in [0.4, 0.5) is 13.2 Å². The highest BCUT2D eigenvalue weighted by molar-refractivity contribution is 5.94. The number of likely N-dealkylation sites (tertiary alicyclic amines) is 1. The molecule has 2 fully saturated rings. The zero-order chi connectivity index (χ0) is 33.1. The molecule has 13 heteroatoms. The molecule has 248 valence electrons. The van der Waals surface area contributed by atoms with Crippen molar-refractivity contribution >= 4 is 22.8 Å². The van der Waals surface area contributed by atoms with Crippen molar-refractivity contribution in [2.75, 3.05) is 26.8 Å². The quantitative estimate of drug-likeness (QED) is 0.141. The van der Waals surface area contributed by atoms with Gasteiger partial charge in [-0.05, 0) is 69.6 Å². The van der Waals surface area contributed by atoms with Gasteiger partial charge in [-0.1, -0.05) is 18.2 Å². The first-order valence-corrected chi connectivity index (χ1v) is 15.5. The van der Waals surface area contributed by atoms with Gasteiger partial charge in [0.05, 0.1) is 42.9 Å². The van der Waals surface area contributed by atoms with Crippen LogP contribution in [0.3, 0.4) is 0 Å². The highest BCUT2D eigenvalue weighted by Gasteiger charge is 2.32. The van der Waals surface area contributed by atoms with E-state index in [0.717, 1.165) is 67.6 Å². The SMILES string of the molecule is COC(=O)c1ccc2nc(CN3CCC(c4cccc(OCc5ccc(C(C)=O)cc5OC(F)(F)F)n4)CC3)n(C[C@@H]3CCO3)c2c1. The number of piperidine rings is 1. The van der Waals surface area contributed by atoms with Crippen LogP contribution in [0.15, 0.2) is 54.6 Å². The number of pyridine rings is 1. The van der Waals surface area contributed by atoms with Crippen molar-refractivity contribution in [2.45, 2.75) is 64.3 Å². The topological polar surface area (TPSA) is 105 Å². The van der Waals surface area contributed by atoms with Gasteiger partial charge in [-0.2, -0.15) is 0 Å². The van der Waals surface area contributed by atoms with Crippen LogP contribution in [0.25, 0.3) is 11.0 Å². The van der Waals surface area contributed by atoms with Crippen LogP contribution in [0.2, 0.25) is 0 Å². The number of methoxy groups -OCH3 is 1. The van der Waals surface area contributed by atoms with E-state index >= 15 is 0 Å². The van der Waals surface area contributed by atoms with Crippen molar-refractivity contribution in [1.29, 1.82) is 0 Å². The summed E-state index contributed by atoms with van der Waals surface area (Å²) in [6, 6.07) is 14.7. The van der Waals surface area contributed by atoms with E-state index in [4.69, 9.17) is 19.2 Å². The number of hydrogen-bond donors (Lipinski definition) is 0. The first kappa shape index (κ1) is 32.5. The molecular formula is C34H35F3N4O6. The highest BCUT2D eigenvalue weighted by Crippen LogP contribution is 2.32. The molecule has 2 aromatic heterocycles. The van der Waals surface area contributed by atoms with E-state index in [1.165, 1.54) is 26.2 Å². The average Bonchev–Trinajstić information content (AvgIpc) is 3.37. The number of hydrogen-bond acceptors (Lipinski definition) is 9. The lowest BCUT2D eigenvalue weighted by Gasteiger charge is -2.32. The van der Waals surface area contributed by atoms with Gasteiger partial charge in [-0.25, -0.2) is 14.8 Å². The number of halogens is 3. The monoisotopic (exact) mass is 652 g/mol. The molecule has 0 amide bonds. The average molecular weight is 653 g/mol. The van der Waals surface area contributed by atoms with Crippen LogP contribution >= 0.6 is 0 Å². The number of ether oxygens (including phenoxy) is 4. The lowest BCUT2D eigenvalue weighted by Crippen LogP contribution is -2.35. The van der Waals surface area contributed by atoms with Crippen LogP contribution in [0.5, 0.6) is 11.6 Å². The third-order valence-corrected chi connectivity index (χ3v) is 8.62. The van der Waals surface area contributed by atoms with Gasteiger partial charge < -0.3 is 23.5 Å². The van der Waals surface area contributed by atoms with Crippen molar-refractivity contribution in [3.63, 3.8) is 0 Å². The number of carbonyl (C=O) groups excluding carboxylic acids is 2. The molecule has 10 nitrogen and oxygen atoms in total. The fraction of sp³-hybridized carbons (Fsp3) is 0.412. The Hall–Kier alpha value is -4.49. The number of alkyl halides is 3. The molecule has 0 unspecified atom stereocenters. The van der Waals surface area contributed by atoms with Crippen molar-refractivity contribution in [3.05, 3.63) is 82.8 Å². The Bertz CT molecular complexity index is 1760. The minimum absolute atomic E-state index is 0.108. The molecule has 6 rings (SSSR count). The molecule has 4 heterocycles. The van der Waals surface area contributed by atoms with Crippen molar-refractivity contribution in [3.8, 4) is 11.6 Å². The maximum atomic E-state index is 13.0. The summed E-state index contributed by atoms with van der Waals surface area (Å²) < 4.78 is 61.8. The van der Waals surface area contributed by atoms with Gasteiger partial charge >= 0.3 is 12.3 Å². The van der Waals surface area contributed by atoms with E-state index in [-0.39, 0.29) is 41.4 Å². The van der Waals surface area contributed by atoms with Crippen LogP contribution in [0.1, 0.15) is 69.9 Å². The van der Waals surface area contributed by atoms with E-state index in [1.807, 2.05) is 24.3 Å². The lowest BCUT2D eigenvalue weighted by atomic mass is 9.93. The molecule has 1 atom stereocenters. The van der Waals surface area contributed by atoms with Gasteiger partial charge in [0, 0.05) is 35.4 Å². The van der Waals surface area contributed by atoms with Gasteiger partial charge in [-0.15, -0.1) is 13.2 Å². The van der Waals surface area contributed by atoms with E-state index in [2.05, 4.69) is 19.2 Å². The van der Waals surface area contributed by atoms with Gasteiger partial charge in [0.15, 0.2) is 5.78 Å². The maximum absolute atomic E-state index is 13.0. The number of esters is 1. The molecule has 0 bridgehead atoms. The van der Waals surface area contributed by atoms with E-state index in [9.17, 15) is 22.8 Å². The number of aromatic nitrogens is 3. The molecule has 2 saturated heterocycles. The minimum atomic E-state index is -4.91. The third kappa shape index (κ3) is 7.74. The second-order valence-corrected chi connectivity index (χ2v) is 11.8.